The Bertz CT molecular complexity index is 278. The third-order valence-corrected chi connectivity index (χ3v) is 1.28. The third kappa shape index (κ3) is 6.72. The predicted octanol–water partition coefficient (Wildman–Crippen LogP) is 4.46. The first-order valence-corrected chi connectivity index (χ1v) is 5.54. The maximum atomic E-state index is 4.09. The summed E-state index contributed by atoms with van der Waals surface area (Å²) in [5.74, 6) is 0.881. The molecular formula is C13H24N2. The molecule has 0 bridgehead atoms. The Morgan fingerprint density at radius 1 is 1.27 bits per heavy atom. The molecule has 0 aromatic carbocycles. The van der Waals surface area contributed by atoms with Gasteiger partial charge in [-0.3, -0.25) is 0 Å². The molecule has 86 valence electrons. The van der Waals surface area contributed by atoms with E-state index in [1.807, 2.05) is 58.5 Å². The van der Waals surface area contributed by atoms with Crippen molar-refractivity contribution in [1.29, 1.82) is 0 Å². The van der Waals surface area contributed by atoms with Gasteiger partial charge in [0, 0.05) is 18.6 Å². The van der Waals surface area contributed by atoms with Gasteiger partial charge in [0.2, 0.25) is 0 Å². The summed E-state index contributed by atoms with van der Waals surface area (Å²) in [5, 5.41) is 0. The average molecular weight is 208 g/mol. The van der Waals surface area contributed by atoms with Crippen molar-refractivity contribution in [3.05, 3.63) is 30.4 Å². The molecule has 15 heavy (non-hydrogen) atoms. The molecular weight excluding hydrogens is 184 g/mol. The van der Waals surface area contributed by atoms with Crippen molar-refractivity contribution in [3.63, 3.8) is 0 Å². The molecule has 0 fully saturated rings. The summed E-state index contributed by atoms with van der Waals surface area (Å²) in [6.07, 6.45) is 7.42. The van der Waals surface area contributed by atoms with Crippen LogP contribution in [0.1, 0.15) is 47.4 Å². The van der Waals surface area contributed by atoms with E-state index in [1.54, 1.807) is 12.3 Å². The van der Waals surface area contributed by atoms with E-state index in [0.29, 0.717) is 0 Å². The summed E-state index contributed by atoms with van der Waals surface area (Å²) < 4.78 is 1.95. The summed E-state index contributed by atoms with van der Waals surface area (Å²) in [5.41, 5.74) is 1.24. The average Bonchev–Trinajstić information content (AvgIpc) is 2.70. The highest BCUT2D eigenvalue weighted by molar-refractivity contribution is 5.43. The molecule has 0 saturated heterocycles. The van der Waals surface area contributed by atoms with Crippen molar-refractivity contribution in [2.75, 3.05) is 0 Å². The molecule has 0 saturated carbocycles. The minimum absolute atomic E-state index is 0.881. The van der Waals surface area contributed by atoms with E-state index >= 15 is 0 Å². The van der Waals surface area contributed by atoms with Crippen LogP contribution in [0.2, 0.25) is 0 Å². The SMILES string of the molecule is C=Cc1nccn1C=C(C)C.CC.CC. The Balaban J connectivity index is 0. The number of hydrogen-bond donors (Lipinski definition) is 0. The van der Waals surface area contributed by atoms with Crippen LogP contribution in [0.15, 0.2) is 24.5 Å². The van der Waals surface area contributed by atoms with Crippen LogP contribution >= 0.6 is 0 Å². The van der Waals surface area contributed by atoms with Gasteiger partial charge in [-0.1, -0.05) is 39.8 Å². The van der Waals surface area contributed by atoms with Crippen LogP contribution < -0.4 is 0 Å². The minimum atomic E-state index is 0.881. The molecule has 1 aromatic heterocycles. The Morgan fingerprint density at radius 3 is 2.20 bits per heavy atom. The lowest BCUT2D eigenvalue weighted by Crippen LogP contribution is -1.88. The second kappa shape index (κ2) is 10.8. The van der Waals surface area contributed by atoms with Gasteiger partial charge in [0.05, 0.1) is 0 Å². The van der Waals surface area contributed by atoms with E-state index in [2.05, 4.69) is 11.6 Å². The molecule has 0 radical (unpaired) electrons. The maximum absolute atomic E-state index is 4.09. The molecule has 2 heteroatoms. The van der Waals surface area contributed by atoms with Gasteiger partial charge >= 0.3 is 0 Å². The number of imidazole rings is 1. The molecule has 0 unspecified atom stereocenters. The van der Waals surface area contributed by atoms with Crippen molar-refractivity contribution in [2.24, 2.45) is 0 Å². The summed E-state index contributed by atoms with van der Waals surface area (Å²) in [6.45, 7) is 15.8. The number of aromatic nitrogens is 2. The molecule has 0 spiro atoms. The quantitative estimate of drug-likeness (QED) is 0.701. The highest BCUT2D eigenvalue weighted by Gasteiger charge is 1.92. The van der Waals surface area contributed by atoms with Crippen LogP contribution in [0.5, 0.6) is 0 Å². The van der Waals surface area contributed by atoms with Crippen molar-refractivity contribution < 1.29 is 0 Å². The van der Waals surface area contributed by atoms with Gasteiger partial charge in [-0.2, -0.15) is 0 Å². The van der Waals surface area contributed by atoms with Crippen molar-refractivity contribution in [1.82, 2.24) is 9.55 Å². The second-order valence-corrected chi connectivity index (χ2v) is 2.60. The Labute approximate surface area is 94.4 Å². The summed E-state index contributed by atoms with van der Waals surface area (Å²) in [7, 11) is 0. The van der Waals surface area contributed by atoms with E-state index in [4.69, 9.17) is 0 Å². The van der Waals surface area contributed by atoms with Gasteiger partial charge in [-0.25, -0.2) is 4.98 Å². The standard InChI is InChI=1S/C9H12N2.2C2H6/c1-4-9-10-5-6-11(9)7-8(2)3;2*1-2/h4-7H,1H2,2-3H3;2*1-2H3. The van der Waals surface area contributed by atoms with E-state index in [-0.39, 0.29) is 0 Å². The van der Waals surface area contributed by atoms with E-state index < -0.39 is 0 Å². The second-order valence-electron chi connectivity index (χ2n) is 2.60. The lowest BCUT2D eigenvalue weighted by Gasteiger charge is -1.96. The zero-order chi connectivity index (χ0) is 12.3. The molecule has 0 aliphatic heterocycles. The molecule has 0 atom stereocenters. The Morgan fingerprint density at radius 2 is 1.80 bits per heavy atom. The highest BCUT2D eigenvalue weighted by Crippen LogP contribution is 2.02. The molecule has 0 amide bonds. The maximum Gasteiger partial charge on any atom is 0.136 e. The topological polar surface area (TPSA) is 17.8 Å². The summed E-state index contributed by atoms with van der Waals surface area (Å²) in [6, 6.07) is 0. The first-order chi connectivity index (χ1) is 7.24. The van der Waals surface area contributed by atoms with Gasteiger partial charge in [0.25, 0.3) is 0 Å². The Kier molecular flexibility index (Phi) is 11.6. The van der Waals surface area contributed by atoms with Gasteiger partial charge in [-0.15, -0.1) is 0 Å². The van der Waals surface area contributed by atoms with Gasteiger partial charge in [0.1, 0.15) is 5.82 Å². The number of rotatable bonds is 2. The molecule has 0 aliphatic rings. The zero-order valence-corrected chi connectivity index (χ0v) is 10.9. The lowest BCUT2D eigenvalue weighted by molar-refractivity contribution is 1.09. The number of hydrogen-bond acceptors (Lipinski definition) is 1. The normalized spacial score (nSPS) is 7.60. The van der Waals surface area contributed by atoms with E-state index in [0.717, 1.165) is 5.82 Å². The number of nitrogens with zero attached hydrogens (tertiary/aromatic N) is 2. The molecule has 1 heterocycles. The highest BCUT2D eigenvalue weighted by atomic mass is 15.0. The van der Waals surface area contributed by atoms with Crippen molar-refractivity contribution in [3.8, 4) is 0 Å². The third-order valence-electron chi connectivity index (χ3n) is 1.28. The summed E-state index contributed by atoms with van der Waals surface area (Å²) in [4.78, 5) is 4.09. The molecule has 2 nitrogen and oxygen atoms in total. The lowest BCUT2D eigenvalue weighted by atomic mass is 10.4. The van der Waals surface area contributed by atoms with Crippen LogP contribution in [-0.4, -0.2) is 9.55 Å². The van der Waals surface area contributed by atoms with Crippen molar-refractivity contribution in [2.45, 2.75) is 41.5 Å². The van der Waals surface area contributed by atoms with Crippen LogP contribution in [-0.2, 0) is 0 Å². The summed E-state index contributed by atoms with van der Waals surface area (Å²) >= 11 is 0. The van der Waals surface area contributed by atoms with Gasteiger partial charge < -0.3 is 4.57 Å². The first-order valence-electron chi connectivity index (χ1n) is 5.54. The van der Waals surface area contributed by atoms with Crippen LogP contribution in [0.3, 0.4) is 0 Å². The fourth-order valence-electron chi connectivity index (χ4n) is 0.870. The largest absolute Gasteiger partial charge is 0.307 e. The fourth-order valence-corrected chi connectivity index (χ4v) is 0.870. The number of allylic oxidation sites excluding steroid dienone is 1. The first kappa shape index (κ1) is 16.1. The van der Waals surface area contributed by atoms with Crippen LogP contribution in [0, 0.1) is 0 Å². The Hall–Kier alpha value is -1.31. The molecule has 1 aromatic rings. The molecule has 0 aliphatic carbocycles. The van der Waals surface area contributed by atoms with Crippen LogP contribution in [0.25, 0.3) is 12.3 Å². The monoisotopic (exact) mass is 208 g/mol. The minimum Gasteiger partial charge on any atom is -0.307 e. The zero-order valence-electron chi connectivity index (χ0n) is 10.9. The molecule has 0 N–H and O–H groups in total. The molecule has 1 rings (SSSR count). The van der Waals surface area contributed by atoms with Gasteiger partial charge in [-0.05, 0) is 19.9 Å². The van der Waals surface area contributed by atoms with E-state index in [9.17, 15) is 0 Å². The van der Waals surface area contributed by atoms with Gasteiger partial charge in [0.15, 0.2) is 0 Å². The van der Waals surface area contributed by atoms with E-state index in [1.165, 1.54) is 5.57 Å². The van der Waals surface area contributed by atoms with Crippen LogP contribution in [0.4, 0.5) is 0 Å². The van der Waals surface area contributed by atoms with Crippen molar-refractivity contribution >= 4 is 12.3 Å². The smallest absolute Gasteiger partial charge is 0.136 e. The fraction of sp³-hybridized carbons (Fsp3) is 0.462. The predicted molar refractivity (Wildman–Crippen MR) is 70.6 cm³/mol.